The lowest BCUT2D eigenvalue weighted by Crippen LogP contribution is -2.06. The van der Waals surface area contributed by atoms with Crippen molar-refractivity contribution in [2.45, 2.75) is 6.18 Å². The van der Waals surface area contributed by atoms with E-state index < -0.39 is 17.6 Å². The van der Waals surface area contributed by atoms with Gasteiger partial charge in [0.15, 0.2) is 5.82 Å². The SMILES string of the molecule is Fc1cc(C(F)(F)F)cnc1I. The maximum atomic E-state index is 12.5. The quantitative estimate of drug-likeness (QED) is 0.407. The highest BCUT2D eigenvalue weighted by atomic mass is 127. The van der Waals surface area contributed by atoms with Gasteiger partial charge in [0.1, 0.15) is 3.70 Å². The summed E-state index contributed by atoms with van der Waals surface area (Å²) in [4.78, 5) is 3.24. The van der Waals surface area contributed by atoms with Crippen LogP contribution >= 0.6 is 22.6 Å². The van der Waals surface area contributed by atoms with Gasteiger partial charge in [-0.2, -0.15) is 13.2 Å². The van der Waals surface area contributed by atoms with Gasteiger partial charge in [0.05, 0.1) is 5.56 Å². The second-order valence-corrected chi connectivity index (χ2v) is 3.02. The van der Waals surface area contributed by atoms with Crippen molar-refractivity contribution in [3.05, 3.63) is 27.3 Å². The summed E-state index contributed by atoms with van der Waals surface area (Å²) in [6.45, 7) is 0. The second-order valence-electron chi connectivity index (χ2n) is 1.99. The maximum Gasteiger partial charge on any atom is 0.417 e. The van der Waals surface area contributed by atoms with Crippen molar-refractivity contribution in [2.24, 2.45) is 0 Å². The molecule has 0 unspecified atom stereocenters. The van der Waals surface area contributed by atoms with Crippen molar-refractivity contribution in [3.63, 3.8) is 0 Å². The van der Waals surface area contributed by atoms with Gasteiger partial charge in [-0.05, 0) is 28.7 Å². The lowest BCUT2D eigenvalue weighted by atomic mass is 10.3. The summed E-state index contributed by atoms with van der Waals surface area (Å²) in [5, 5.41) is 0. The predicted molar refractivity (Wildman–Crippen MR) is 41.9 cm³/mol. The van der Waals surface area contributed by atoms with Crippen LogP contribution in [0.3, 0.4) is 0 Å². The summed E-state index contributed by atoms with van der Waals surface area (Å²) in [5.41, 5.74) is -1.07. The number of nitrogens with zero attached hydrogens (tertiary/aromatic N) is 1. The Morgan fingerprint density at radius 2 is 1.92 bits per heavy atom. The lowest BCUT2D eigenvalue weighted by Gasteiger charge is -2.05. The van der Waals surface area contributed by atoms with Gasteiger partial charge in [0, 0.05) is 6.20 Å². The zero-order chi connectivity index (χ0) is 9.35. The number of rotatable bonds is 0. The molecule has 0 fully saturated rings. The molecule has 0 spiro atoms. The Hall–Kier alpha value is -0.400. The molecule has 0 aromatic carbocycles. The third kappa shape index (κ3) is 2.05. The fourth-order valence-corrected chi connectivity index (χ4v) is 0.871. The van der Waals surface area contributed by atoms with E-state index in [1.54, 1.807) is 0 Å². The van der Waals surface area contributed by atoms with Gasteiger partial charge in [-0.3, -0.25) is 0 Å². The minimum absolute atomic E-state index is 0.0689. The van der Waals surface area contributed by atoms with Crippen LogP contribution in [0.25, 0.3) is 0 Å². The third-order valence-electron chi connectivity index (χ3n) is 1.12. The summed E-state index contributed by atoms with van der Waals surface area (Å²) in [5.74, 6) is -0.953. The molecule has 0 aliphatic heterocycles. The Bertz CT molecular complexity index is 296. The van der Waals surface area contributed by atoms with E-state index in [0.717, 1.165) is 0 Å². The van der Waals surface area contributed by atoms with Crippen LogP contribution in [0.2, 0.25) is 0 Å². The minimum atomic E-state index is -4.53. The van der Waals surface area contributed by atoms with Crippen LogP contribution in [0.1, 0.15) is 5.56 Å². The Kier molecular flexibility index (Phi) is 2.55. The molecule has 66 valence electrons. The number of hydrogen-bond acceptors (Lipinski definition) is 1. The first-order valence-corrected chi connectivity index (χ1v) is 3.87. The first kappa shape index (κ1) is 9.69. The highest BCUT2D eigenvalue weighted by molar-refractivity contribution is 14.1. The molecule has 1 aromatic rings. The van der Waals surface area contributed by atoms with Gasteiger partial charge in [0.25, 0.3) is 0 Å². The Labute approximate surface area is 78.9 Å². The number of alkyl halides is 3. The van der Waals surface area contributed by atoms with Crippen LogP contribution in [0, 0.1) is 9.52 Å². The highest BCUT2D eigenvalue weighted by Crippen LogP contribution is 2.29. The molecule has 1 aromatic heterocycles. The van der Waals surface area contributed by atoms with Crippen molar-refractivity contribution >= 4 is 22.6 Å². The monoisotopic (exact) mass is 291 g/mol. The molecular formula is C6H2F4IN. The number of pyridine rings is 1. The van der Waals surface area contributed by atoms with E-state index in [-0.39, 0.29) is 3.70 Å². The van der Waals surface area contributed by atoms with E-state index in [1.807, 2.05) is 0 Å². The van der Waals surface area contributed by atoms with Crippen LogP contribution in [0.15, 0.2) is 12.3 Å². The third-order valence-corrected chi connectivity index (χ3v) is 1.92. The predicted octanol–water partition coefficient (Wildman–Crippen LogP) is 2.84. The standard InChI is InChI=1S/C6H2F4IN/c7-4-1-3(6(8,9)10)2-12-5(4)11/h1-2H. The summed E-state index contributed by atoms with van der Waals surface area (Å²) >= 11 is 1.52. The van der Waals surface area contributed by atoms with Gasteiger partial charge >= 0.3 is 6.18 Å². The second kappa shape index (κ2) is 3.15. The topological polar surface area (TPSA) is 12.9 Å². The van der Waals surface area contributed by atoms with Crippen LogP contribution in [0.4, 0.5) is 17.6 Å². The van der Waals surface area contributed by atoms with Gasteiger partial charge in [0.2, 0.25) is 0 Å². The van der Waals surface area contributed by atoms with Gasteiger partial charge < -0.3 is 0 Å². The van der Waals surface area contributed by atoms with E-state index in [0.29, 0.717) is 12.3 Å². The van der Waals surface area contributed by atoms with Gasteiger partial charge in [-0.1, -0.05) is 0 Å². The maximum absolute atomic E-state index is 12.5. The highest BCUT2D eigenvalue weighted by Gasteiger charge is 2.31. The van der Waals surface area contributed by atoms with Crippen molar-refractivity contribution in [3.8, 4) is 0 Å². The molecule has 1 rings (SSSR count). The van der Waals surface area contributed by atoms with E-state index >= 15 is 0 Å². The molecule has 0 aliphatic rings. The van der Waals surface area contributed by atoms with Crippen LogP contribution in [0.5, 0.6) is 0 Å². The zero-order valence-electron chi connectivity index (χ0n) is 5.49. The van der Waals surface area contributed by atoms with Gasteiger partial charge in [-0.15, -0.1) is 0 Å². The molecule has 0 bridgehead atoms. The molecule has 1 heterocycles. The average Bonchev–Trinajstić information content (AvgIpc) is 1.92. The summed E-state index contributed by atoms with van der Waals surface area (Å²) in [7, 11) is 0. The molecule has 0 N–H and O–H groups in total. The molecule has 0 saturated carbocycles. The Balaban J connectivity index is 3.14. The minimum Gasteiger partial charge on any atom is -0.247 e. The molecular weight excluding hydrogens is 289 g/mol. The zero-order valence-corrected chi connectivity index (χ0v) is 7.65. The fourth-order valence-electron chi connectivity index (χ4n) is 0.576. The van der Waals surface area contributed by atoms with E-state index in [2.05, 4.69) is 4.98 Å². The smallest absolute Gasteiger partial charge is 0.247 e. The Morgan fingerprint density at radius 1 is 1.33 bits per heavy atom. The van der Waals surface area contributed by atoms with E-state index in [4.69, 9.17) is 0 Å². The number of halogens is 5. The van der Waals surface area contributed by atoms with E-state index in [1.165, 1.54) is 22.6 Å². The van der Waals surface area contributed by atoms with Crippen molar-refractivity contribution in [1.29, 1.82) is 0 Å². The average molecular weight is 291 g/mol. The molecule has 0 aliphatic carbocycles. The first-order chi connectivity index (χ1) is 5.41. The summed E-state index contributed by atoms with van der Waals surface area (Å²) in [6.07, 6.45) is -3.93. The lowest BCUT2D eigenvalue weighted by molar-refractivity contribution is -0.138. The first-order valence-electron chi connectivity index (χ1n) is 2.79. The molecule has 1 nitrogen and oxygen atoms in total. The molecule has 6 heteroatoms. The van der Waals surface area contributed by atoms with Crippen LogP contribution in [-0.2, 0) is 6.18 Å². The summed E-state index contributed by atoms with van der Waals surface area (Å²) < 4.78 is 48.1. The van der Waals surface area contributed by atoms with Crippen molar-refractivity contribution in [2.75, 3.05) is 0 Å². The molecule has 0 atom stereocenters. The molecule has 0 radical (unpaired) electrons. The number of hydrogen-bond donors (Lipinski definition) is 0. The normalized spacial score (nSPS) is 11.8. The van der Waals surface area contributed by atoms with Gasteiger partial charge in [-0.25, -0.2) is 9.37 Å². The molecule has 0 amide bonds. The van der Waals surface area contributed by atoms with Crippen LogP contribution < -0.4 is 0 Å². The van der Waals surface area contributed by atoms with Crippen molar-refractivity contribution < 1.29 is 17.6 Å². The Morgan fingerprint density at radius 3 is 2.33 bits per heavy atom. The number of aromatic nitrogens is 1. The van der Waals surface area contributed by atoms with Crippen LogP contribution in [-0.4, -0.2) is 4.98 Å². The largest absolute Gasteiger partial charge is 0.417 e. The van der Waals surface area contributed by atoms with E-state index in [9.17, 15) is 17.6 Å². The fraction of sp³-hybridized carbons (Fsp3) is 0.167. The van der Waals surface area contributed by atoms with Crippen molar-refractivity contribution in [1.82, 2.24) is 4.98 Å². The summed E-state index contributed by atoms with van der Waals surface area (Å²) in [6, 6.07) is 0.425. The molecule has 0 saturated heterocycles. The molecule has 12 heavy (non-hydrogen) atoms.